The number of anilines is 1. The summed E-state index contributed by atoms with van der Waals surface area (Å²) in [5.41, 5.74) is 1.66. The van der Waals surface area contributed by atoms with Crippen molar-refractivity contribution < 1.29 is 9.53 Å². The number of methoxy groups -OCH3 is 1. The lowest BCUT2D eigenvalue weighted by Gasteiger charge is -2.23. The van der Waals surface area contributed by atoms with E-state index in [2.05, 4.69) is 28.8 Å². The maximum Gasteiger partial charge on any atom is 0.241 e. The quantitative estimate of drug-likeness (QED) is 0.579. The van der Waals surface area contributed by atoms with E-state index in [1.807, 2.05) is 36.6 Å². The summed E-state index contributed by atoms with van der Waals surface area (Å²) in [6, 6.07) is 18.8. The molecule has 140 valence electrons. The molecule has 3 aromatic rings. The van der Waals surface area contributed by atoms with Crippen LogP contribution < -0.4 is 15.4 Å². The molecule has 0 aliphatic rings. The molecule has 0 bridgehead atoms. The fourth-order valence-electron chi connectivity index (χ4n) is 2.79. The van der Waals surface area contributed by atoms with Crippen LogP contribution >= 0.6 is 22.9 Å². The van der Waals surface area contributed by atoms with E-state index in [1.54, 1.807) is 36.6 Å². The van der Waals surface area contributed by atoms with Gasteiger partial charge in [-0.25, -0.2) is 0 Å². The molecule has 6 heteroatoms. The Kier molecular flexibility index (Phi) is 6.50. The summed E-state index contributed by atoms with van der Waals surface area (Å²) in [7, 11) is 1.56. The summed E-state index contributed by atoms with van der Waals surface area (Å²) in [5, 5.41) is 8.90. The molecule has 1 aromatic heterocycles. The van der Waals surface area contributed by atoms with Crippen molar-refractivity contribution in [1.29, 1.82) is 0 Å². The van der Waals surface area contributed by atoms with Crippen molar-refractivity contribution in [3.8, 4) is 5.75 Å². The smallest absolute Gasteiger partial charge is 0.241 e. The fraction of sp³-hybridized carbons (Fsp3) is 0.190. The van der Waals surface area contributed by atoms with Gasteiger partial charge < -0.3 is 10.1 Å². The molecule has 0 fully saturated rings. The third-order valence-corrected chi connectivity index (χ3v) is 5.36. The molecule has 2 atom stereocenters. The zero-order valence-electron chi connectivity index (χ0n) is 15.1. The van der Waals surface area contributed by atoms with Gasteiger partial charge in [0.15, 0.2) is 0 Å². The Morgan fingerprint density at radius 2 is 1.89 bits per heavy atom. The Hall–Kier alpha value is -2.34. The predicted octanol–water partition coefficient (Wildman–Crippen LogP) is 5.12. The van der Waals surface area contributed by atoms with Crippen LogP contribution in [-0.2, 0) is 4.79 Å². The van der Waals surface area contributed by atoms with Crippen LogP contribution in [0.25, 0.3) is 0 Å². The van der Waals surface area contributed by atoms with Crippen LogP contribution in [-0.4, -0.2) is 19.1 Å². The van der Waals surface area contributed by atoms with Gasteiger partial charge in [0.2, 0.25) is 5.91 Å². The molecule has 27 heavy (non-hydrogen) atoms. The van der Waals surface area contributed by atoms with Crippen LogP contribution in [0.4, 0.5) is 5.69 Å². The predicted molar refractivity (Wildman–Crippen MR) is 112 cm³/mol. The highest BCUT2D eigenvalue weighted by Crippen LogP contribution is 2.29. The van der Waals surface area contributed by atoms with Crippen LogP contribution in [0, 0.1) is 0 Å². The first-order valence-electron chi connectivity index (χ1n) is 8.57. The van der Waals surface area contributed by atoms with Gasteiger partial charge in [0, 0.05) is 9.90 Å². The number of ether oxygens (including phenoxy) is 1. The number of rotatable bonds is 7. The molecule has 2 aromatic carbocycles. The minimum atomic E-state index is -0.430. The van der Waals surface area contributed by atoms with Gasteiger partial charge >= 0.3 is 0 Å². The van der Waals surface area contributed by atoms with Crippen LogP contribution in [0.3, 0.4) is 0 Å². The molecular weight excluding hydrogens is 380 g/mol. The number of amides is 1. The number of carbonyl (C=O) groups excluding carboxylic acids is 1. The summed E-state index contributed by atoms with van der Waals surface area (Å²) < 4.78 is 5.30. The molecule has 0 radical (unpaired) electrons. The largest absolute Gasteiger partial charge is 0.495 e. The van der Waals surface area contributed by atoms with E-state index >= 15 is 0 Å². The van der Waals surface area contributed by atoms with Gasteiger partial charge in [0.1, 0.15) is 5.75 Å². The van der Waals surface area contributed by atoms with Crippen LogP contribution in [0.5, 0.6) is 5.75 Å². The molecular formula is C21H21ClN2O2S. The number of hydrogen-bond donors (Lipinski definition) is 2. The lowest BCUT2D eigenvalue weighted by molar-refractivity contribution is -0.117. The average molecular weight is 401 g/mol. The highest BCUT2D eigenvalue weighted by Gasteiger charge is 2.22. The molecule has 0 spiro atoms. The first kappa shape index (κ1) is 19.4. The molecule has 0 saturated carbocycles. The number of halogens is 1. The third kappa shape index (κ3) is 4.89. The summed E-state index contributed by atoms with van der Waals surface area (Å²) in [5.74, 6) is 0.408. The standard InChI is InChI=1S/C21H21ClN2O2S/c1-14(21(25)24-17-13-16(22)10-11-18(17)26-2)23-20(19-9-6-12-27-19)15-7-4-3-5-8-15/h3-14,20,23H,1-2H3,(H,24,25)/t14-,20-/m0/s1. The Bertz CT molecular complexity index is 884. The lowest BCUT2D eigenvalue weighted by Crippen LogP contribution is -2.40. The molecule has 1 heterocycles. The topological polar surface area (TPSA) is 50.4 Å². The Balaban J connectivity index is 1.77. The normalized spacial score (nSPS) is 13.0. The van der Waals surface area contributed by atoms with Crippen LogP contribution in [0.1, 0.15) is 23.4 Å². The van der Waals surface area contributed by atoms with Crippen molar-refractivity contribution in [2.75, 3.05) is 12.4 Å². The first-order chi connectivity index (χ1) is 13.1. The monoisotopic (exact) mass is 400 g/mol. The maximum atomic E-state index is 12.8. The zero-order valence-corrected chi connectivity index (χ0v) is 16.7. The molecule has 0 aliphatic heterocycles. The number of hydrogen-bond acceptors (Lipinski definition) is 4. The average Bonchev–Trinajstić information content (AvgIpc) is 3.21. The fourth-order valence-corrected chi connectivity index (χ4v) is 3.77. The van der Waals surface area contributed by atoms with Gasteiger partial charge in [-0.3, -0.25) is 10.1 Å². The lowest BCUT2D eigenvalue weighted by atomic mass is 10.0. The minimum Gasteiger partial charge on any atom is -0.495 e. The maximum absolute atomic E-state index is 12.8. The summed E-state index contributed by atoms with van der Waals surface area (Å²) in [6.45, 7) is 1.84. The van der Waals surface area contributed by atoms with E-state index in [1.165, 1.54) is 0 Å². The highest BCUT2D eigenvalue weighted by atomic mass is 35.5. The third-order valence-electron chi connectivity index (χ3n) is 4.19. The molecule has 0 unspecified atom stereocenters. The second-order valence-corrected chi connectivity index (χ2v) is 7.50. The summed E-state index contributed by atoms with van der Waals surface area (Å²) in [4.78, 5) is 13.9. The molecule has 3 rings (SSSR count). The van der Waals surface area contributed by atoms with Crippen molar-refractivity contribution in [2.24, 2.45) is 0 Å². The number of nitrogens with one attached hydrogen (secondary N) is 2. The van der Waals surface area contributed by atoms with Gasteiger partial charge in [-0.2, -0.15) is 0 Å². The zero-order chi connectivity index (χ0) is 19.2. The molecule has 0 aliphatic carbocycles. The Labute approximate surface area is 168 Å². The highest BCUT2D eigenvalue weighted by molar-refractivity contribution is 7.10. The van der Waals surface area contributed by atoms with E-state index in [4.69, 9.17) is 16.3 Å². The van der Waals surface area contributed by atoms with Gasteiger partial charge in [-0.15, -0.1) is 11.3 Å². The first-order valence-corrected chi connectivity index (χ1v) is 9.83. The number of carbonyl (C=O) groups is 1. The minimum absolute atomic E-state index is 0.0618. The van der Waals surface area contributed by atoms with Crippen molar-refractivity contribution >= 4 is 34.5 Å². The number of thiophene rings is 1. The van der Waals surface area contributed by atoms with Gasteiger partial charge in [0.05, 0.1) is 24.9 Å². The van der Waals surface area contributed by atoms with Gasteiger partial charge in [-0.05, 0) is 42.1 Å². The van der Waals surface area contributed by atoms with E-state index in [0.29, 0.717) is 16.5 Å². The summed E-state index contributed by atoms with van der Waals surface area (Å²) >= 11 is 7.71. The van der Waals surface area contributed by atoms with Crippen LogP contribution in [0.2, 0.25) is 5.02 Å². The van der Waals surface area contributed by atoms with Crippen molar-refractivity contribution in [3.05, 3.63) is 81.5 Å². The van der Waals surface area contributed by atoms with E-state index in [9.17, 15) is 4.79 Å². The van der Waals surface area contributed by atoms with Crippen molar-refractivity contribution in [3.63, 3.8) is 0 Å². The molecule has 1 amide bonds. The molecule has 2 N–H and O–H groups in total. The van der Waals surface area contributed by atoms with E-state index in [0.717, 1.165) is 10.4 Å². The molecule has 0 saturated heterocycles. The summed E-state index contributed by atoms with van der Waals surface area (Å²) in [6.07, 6.45) is 0. The van der Waals surface area contributed by atoms with Gasteiger partial charge in [0.25, 0.3) is 0 Å². The molecule has 4 nitrogen and oxygen atoms in total. The van der Waals surface area contributed by atoms with E-state index in [-0.39, 0.29) is 11.9 Å². The van der Waals surface area contributed by atoms with Crippen LogP contribution in [0.15, 0.2) is 66.0 Å². The van der Waals surface area contributed by atoms with Crippen molar-refractivity contribution in [2.45, 2.75) is 19.0 Å². The SMILES string of the molecule is COc1ccc(Cl)cc1NC(=O)[C@H](C)N[C@@H](c1ccccc1)c1cccs1. The van der Waals surface area contributed by atoms with Gasteiger partial charge in [-0.1, -0.05) is 48.0 Å². The Morgan fingerprint density at radius 3 is 2.56 bits per heavy atom. The second kappa shape index (κ2) is 9.04. The van der Waals surface area contributed by atoms with Crippen molar-refractivity contribution in [1.82, 2.24) is 5.32 Å². The van der Waals surface area contributed by atoms with E-state index < -0.39 is 6.04 Å². The second-order valence-electron chi connectivity index (χ2n) is 6.08. The Morgan fingerprint density at radius 1 is 1.11 bits per heavy atom. The number of benzene rings is 2.